The van der Waals surface area contributed by atoms with Crippen LogP contribution in [0.1, 0.15) is 75.3 Å². The third kappa shape index (κ3) is 8.34. The van der Waals surface area contributed by atoms with Gasteiger partial charge in [-0.3, -0.25) is 4.79 Å². The monoisotopic (exact) mass is 611 g/mol. The van der Waals surface area contributed by atoms with E-state index < -0.39 is 42.7 Å². The summed E-state index contributed by atoms with van der Waals surface area (Å²) in [5.41, 5.74) is 3.82. The standard InChI is InChI=1S/C34H46FN3O6/c1-5-23-9-10-24(33-32(42)31(41)30(40)21(2)44-33)16-25(23)15-22-7-11-28(12-8-22)43-14-6-13-34(3,4)37-19-29(39)38-20-26(35)17-27(38)18-36/h7-12,16,21,26-27,30-33,37,40-42H,5-6,13-15,17,19-20H2,1-4H3/t21-,26+,27+,30-,31+,32-,33+/m1/s1. The molecule has 2 aromatic carbocycles. The molecule has 0 saturated carbocycles. The molecule has 2 aromatic rings. The molecule has 7 atom stereocenters. The normalized spacial score (nSPS) is 27.2. The van der Waals surface area contributed by atoms with Crippen molar-refractivity contribution in [3.05, 3.63) is 64.7 Å². The van der Waals surface area contributed by atoms with Crippen LogP contribution in [0.2, 0.25) is 0 Å². The lowest BCUT2D eigenvalue weighted by atomic mass is 9.88. The number of aliphatic hydroxyl groups is 3. The lowest BCUT2D eigenvalue weighted by molar-refractivity contribution is -0.219. The summed E-state index contributed by atoms with van der Waals surface area (Å²) in [5, 5.41) is 43.3. The fraction of sp³-hybridized carbons (Fsp3) is 0.588. The number of ether oxygens (including phenoxy) is 2. The Morgan fingerprint density at radius 2 is 1.86 bits per heavy atom. The Morgan fingerprint density at radius 3 is 2.55 bits per heavy atom. The van der Waals surface area contributed by atoms with Gasteiger partial charge in [-0.2, -0.15) is 5.26 Å². The maximum atomic E-state index is 13.7. The Morgan fingerprint density at radius 1 is 1.14 bits per heavy atom. The average Bonchev–Trinajstić information content (AvgIpc) is 3.40. The number of nitriles is 1. The summed E-state index contributed by atoms with van der Waals surface area (Å²) in [7, 11) is 0. The lowest BCUT2D eigenvalue weighted by Crippen LogP contribution is -2.53. The first kappa shape index (κ1) is 33.8. The highest BCUT2D eigenvalue weighted by Gasteiger charge is 2.42. The maximum absolute atomic E-state index is 13.7. The first-order chi connectivity index (χ1) is 20.9. The molecule has 44 heavy (non-hydrogen) atoms. The number of amides is 1. The van der Waals surface area contributed by atoms with E-state index in [1.165, 1.54) is 10.5 Å². The summed E-state index contributed by atoms with van der Waals surface area (Å²) in [6.45, 7) is 8.34. The van der Waals surface area contributed by atoms with Crippen LogP contribution in [-0.2, 0) is 22.4 Å². The minimum atomic E-state index is -1.28. The van der Waals surface area contributed by atoms with Crippen molar-refractivity contribution in [2.24, 2.45) is 0 Å². The van der Waals surface area contributed by atoms with Crippen molar-refractivity contribution >= 4 is 5.91 Å². The number of nitrogens with one attached hydrogen (secondary N) is 1. The van der Waals surface area contributed by atoms with Gasteiger partial charge < -0.3 is 35.0 Å². The van der Waals surface area contributed by atoms with E-state index in [1.807, 2.05) is 62.4 Å². The smallest absolute Gasteiger partial charge is 0.237 e. The van der Waals surface area contributed by atoms with Crippen LogP contribution >= 0.6 is 0 Å². The van der Waals surface area contributed by atoms with Crippen LogP contribution < -0.4 is 10.1 Å². The van der Waals surface area contributed by atoms with Gasteiger partial charge in [0.15, 0.2) is 0 Å². The van der Waals surface area contributed by atoms with Crippen molar-refractivity contribution in [3.8, 4) is 11.8 Å². The van der Waals surface area contributed by atoms with E-state index >= 15 is 0 Å². The third-order valence-electron chi connectivity index (χ3n) is 8.76. The Kier molecular flexibility index (Phi) is 11.4. The predicted molar refractivity (Wildman–Crippen MR) is 164 cm³/mol. The molecule has 1 amide bonds. The van der Waals surface area contributed by atoms with Crippen molar-refractivity contribution < 1.29 is 34.0 Å². The van der Waals surface area contributed by atoms with E-state index in [9.17, 15) is 29.8 Å². The zero-order valence-corrected chi connectivity index (χ0v) is 26.1. The molecule has 4 rings (SSSR count). The van der Waals surface area contributed by atoms with Crippen LogP contribution in [0.5, 0.6) is 5.75 Å². The summed E-state index contributed by atoms with van der Waals surface area (Å²) in [6.07, 6.45) is -2.98. The van der Waals surface area contributed by atoms with Crippen LogP contribution in [0, 0.1) is 11.3 Å². The lowest BCUT2D eigenvalue weighted by Gasteiger charge is -2.39. The van der Waals surface area contributed by atoms with E-state index in [0.29, 0.717) is 13.0 Å². The number of halogens is 1. The molecule has 2 heterocycles. The van der Waals surface area contributed by atoms with Gasteiger partial charge in [0.2, 0.25) is 5.91 Å². The van der Waals surface area contributed by atoms with Crippen LogP contribution in [0.25, 0.3) is 0 Å². The Bertz CT molecular complexity index is 1300. The molecular weight excluding hydrogens is 565 g/mol. The number of rotatable bonds is 12. The number of aryl methyl sites for hydroxylation is 1. The zero-order valence-electron chi connectivity index (χ0n) is 26.1. The Hall–Kier alpha value is -3.07. The molecule has 2 saturated heterocycles. The Balaban J connectivity index is 1.26. The average molecular weight is 612 g/mol. The maximum Gasteiger partial charge on any atom is 0.237 e. The van der Waals surface area contributed by atoms with Gasteiger partial charge in [-0.05, 0) is 80.8 Å². The molecule has 0 spiro atoms. The molecule has 240 valence electrons. The van der Waals surface area contributed by atoms with Crippen LogP contribution in [0.15, 0.2) is 42.5 Å². The second-order valence-electron chi connectivity index (χ2n) is 12.6. The van der Waals surface area contributed by atoms with Gasteiger partial charge in [0.25, 0.3) is 0 Å². The van der Waals surface area contributed by atoms with Gasteiger partial charge in [0.1, 0.15) is 42.4 Å². The van der Waals surface area contributed by atoms with Gasteiger partial charge in [-0.1, -0.05) is 37.3 Å². The molecule has 4 N–H and O–H groups in total. The third-order valence-corrected chi connectivity index (χ3v) is 8.76. The Labute approximate surface area is 259 Å². The number of alkyl halides is 1. The molecule has 9 nitrogen and oxygen atoms in total. The highest BCUT2D eigenvalue weighted by atomic mass is 19.1. The number of benzene rings is 2. The van der Waals surface area contributed by atoms with Crippen LogP contribution in [0.3, 0.4) is 0 Å². The summed E-state index contributed by atoms with van der Waals surface area (Å²) >= 11 is 0. The molecule has 0 unspecified atom stereocenters. The fourth-order valence-electron chi connectivity index (χ4n) is 5.97. The van der Waals surface area contributed by atoms with Crippen LogP contribution in [0.4, 0.5) is 4.39 Å². The number of likely N-dealkylation sites (tertiary alicyclic amines) is 1. The molecule has 2 aliphatic heterocycles. The van der Waals surface area contributed by atoms with E-state index in [2.05, 4.69) is 12.2 Å². The highest BCUT2D eigenvalue weighted by Crippen LogP contribution is 2.34. The van der Waals surface area contributed by atoms with Crippen molar-refractivity contribution in [1.29, 1.82) is 5.26 Å². The number of nitrogens with zero attached hydrogens (tertiary/aromatic N) is 2. The predicted octanol–water partition coefficient (Wildman–Crippen LogP) is 3.37. The first-order valence-electron chi connectivity index (χ1n) is 15.5. The fourth-order valence-corrected chi connectivity index (χ4v) is 5.97. The number of aliphatic hydroxyl groups excluding tert-OH is 3. The molecule has 2 aliphatic rings. The number of carbonyl (C=O) groups is 1. The minimum absolute atomic E-state index is 0.0202. The van der Waals surface area contributed by atoms with Gasteiger partial charge in [-0.15, -0.1) is 0 Å². The number of hydrogen-bond donors (Lipinski definition) is 4. The number of hydrogen-bond acceptors (Lipinski definition) is 8. The summed E-state index contributed by atoms with van der Waals surface area (Å²) in [4.78, 5) is 13.9. The molecule has 0 radical (unpaired) electrons. The molecule has 10 heteroatoms. The highest BCUT2D eigenvalue weighted by molar-refractivity contribution is 5.79. The topological polar surface area (TPSA) is 135 Å². The second kappa shape index (κ2) is 14.8. The first-order valence-corrected chi connectivity index (χ1v) is 15.5. The summed E-state index contributed by atoms with van der Waals surface area (Å²) in [6, 6.07) is 15.2. The van der Waals surface area contributed by atoms with Gasteiger partial charge in [0, 0.05) is 12.0 Å². The minimum Gasteiger partial charge on any atom is -0.494 e. The van der Waals surface area contributed by atoms with E-state index in [1.54, 1.807) is 6.92 Å². The summed E-state index contributed by atoms with van der Waals surface area (Å²) < 4.78 is 25.5. The molecule has 0 bridgehead atoms. The SMILES string of the molecule is CCc1ccc([C@@H]2O[C@H](C)[C@@H](O)[C@H](O)[C@H]2O)cc1Cc1ccc(OCCCC(C)(C)NCC(=O)N2C[C@@H](F)C[C@H]2C#N)cc1. The quantitative estimate of drug-likeness (QED) is 0.269. The van der Waals surface area contributed by atoms with Gasteiger partial charge in [0.05, 0.1) is 31.9 Å². The molecule has 0 aliphatic carbocycles. The van der Waals surface area contributed by atoms with Gasteiger partial charge in [-0.25, -0.2) is 4.39 Å². The van der Waals surface area contributed by atoms with Crippen LogP contribution in [-0.4, -0.2) is 88.0 Å². The zero-order chi connectivity index (χ0) is 32.0. The van der Waals surface area contributed by atoms with E-state index in [-0.39, 0.29) is 31.0 Å². The molecular formula is C34H46FN3O6. The molecule has 0 aromatic heterocycles. The van der Waals surface area contributed by atoms with Crippen molar-refractivity contribution in [3.63, 3.8) is 0 Å². The largest absolute Gasteiger partial charge is 0.494 e. The molecule has 2 fully saturated rings. The second-order valence-corrected chi connectivity index (χ2v) is 12.6. The van der Waals surface area contributed by atoms with Gasteiger partial charge >= 0.3 is 0 Å². The van der Waals surface area contributed by atoms with Crippen molar-refractivity contribution in [2.45, 2.75) is 108 Å². The van der Waals surface area contributed by atoms with Crippen molar-refractivity contribution in [2.75, 3.05) is 19.7 Å². The van der Waals surface area contributed by atoms with E-state index in [0.717, 1.165) is 41.7 Å². The van der Waals surface area contributed by atoms with E-state index in [4.69, 9.17) is 9.47 Å². The van der Waals surface area contributed by atoms with Crippen molar-refractivity contribution in [1.82, 2.24) is 10.2 Å². The number of carbonyl (C=O) groups excluding carboxylic acids is 1. The summed E-state index contributed by atoms with van der Waals surface area (Å²) in [5.74, 6) is 0.504.